The summed E-state index contributed by atoms with van der Waals surface area (Å²) in [6.45, 7) is 0.144. The van der Waals surface area contributed by atoms with Crippen LogP contribution in [-0.4, -0.2) is 45.9 Å². The Morgan fingerprint density at radius 2 is 1.81 bits per heavy atom. The molecule has 3 rings (SSSR count). The summed E-state index contributed by atoms with van der Waals surface area (Å²) < 4.78 is 76.4. The predicted molar refractivity (Wildman–Crippen MR) is 111 cm³/mol. The lowest BCUT2D eigenvalue weighted by Crippen LogP contribution is -2.43. The minimum atomic E-state index is -4.53. The molecule has 1 amide bonds. The molecule has 1 saturated heterocycles. The van der Waals surface area contributed by atoms with Gasteiger partial charge < -0.3 is 14.8 Å². The number of sulfonamides is 1. The molecule has 0 bridgehead atoms. The molecule has 0 spiro atoms. The number of piperidine rings is 1. The van der Waals surface area contributed by atoms with Crippen LogP contribution in [0.1, 0.15) is 18.4 Å². The molecule has 1 fully saturated rings. The van der Waals surface area contributed by atoms with E-state index < -0.39 is 33.6 Å². The Kier molecular flexibility index (Phi) is 6.99. The number of hydrogen-bond donors (Lipinski definition) is 1. The summed E-state index contributed by atoms with van der Waals surface area (Å²) in [4.78, 5) is 12.7. The SMILES string of the molecule is COc1ccc(S(=O)(=O)N2CCC[C@H](C(=O)Nc3cccc(C(F)(F)F)c3)C2)cc1OC. The highest BCUT2D eigenvalue weighted by Gasteiger charge is 2.34. The van der Waals surface area contributed by atoms with E-state index in [2.05, 4.69) is 5.32 Å². The van der Waals surface area contributed by atoms with Gasteiger partial charge in [0.1, 0.15) is 0 Å². The average Bonchev–Trinajstić information content (AvgIpc) is 2.78. The molecule has 1 atom stereocenters. The molecule has 1 heterocycles. The number of halogens is 3. The fourth-order valence-electron chi connectivity index (χ4n) is 3.52. The van der Waals surface area contributed by atoms with E-state index >= 15 is 0 Å². The summed E-state index contributed by atoms with van der Waals surface area (Å²) in [5.41, 5.74) is -0.874. The van der Waals surface area contributed by atoms with Gasteiger partial charge in [-0.3, -0.25) is 4.79 Å². The zero-order valence-electron chi connectivity index (χ0n) is 17.5. The minimum Gasteiger partial charge on any atom is -0.493 e. The van der Waals surface area contributed by atoms with Gasteiger partial charge in [-0.1, -0.05) is 6.07 Å². The molecule has 7 nitrogen and oxygen atoms in total. The number of amides is 1. The number of carbonyl (C=O) groups is 1. The first kappa shape index (κ1) is 23.9. The Morgan fingerprint density at radius 1 is 1.09 bits per heavy atom. The van der Waals surface area contributed by atoms with Crippen molar-refractivity contribution in [3.8, 4) is 11.5 Å². The second-order valence-electron chi connectivity index (χ2n) is 7.29. The normalized spacial score (nSPS) is 17.6. The number of benzene rings is 2. The molecule has 11 heteroatoms. The fraction of sp³-hybridized carbons (Fsp3) is 0.381. The van der Waals surface area contributed by atoms with Gasteiger partial charge in [-0.25, -0.2) is 8.42 Å². The monoisotopic (exact) mass is 472 g/mol. The van der Waals surface area contributed by atoms with Crippen molar-refractivity contribution in [2.24, 2.45) is 5.92 Å². The third-order valence-corrected chi connectivity index (χ3v) is 7.07. The van der Waals surface area contributed by atoms with Crippen molar-refractivity contribution in [2.45, 2.75) is 23.9 Å². The summed E-state index contributed by atoms with van der Waals surface area (Å²) in [6.07, 6.45) is -3.67. The molecule has 0 aliphatic carbocycles. The molecule has 2 aromatic carbocycles. The largest absolute Gasteiger partial charge is 0.493 e. The molecule has 1 N–H and O–H groups in total. The van der Waals surface area contributed by atoms with E-state index in [-0.39, 0.29) is 29.4 Å². The first-order valence-corrected chi connectivity index (χ1v) is 11.2. The maximum atomic E-state index is 13.1. The van der Waals surface area contributed by atoms with Crippen LogP contribution in [0.4, 0.5) is 18.9 Å². The lowest BCUT2D eigenvalue weighted by Gasteiger charge is -2.31. The van der Waals surface area contributed by atoms with Gasteiger partial charge in [-0.15, -0.1) is 0 Å². The third-order valence-electron chi connectivity index (χ3n) is 5.21. The number of hydrogen-bond acceptors (Lipinski definition) is 5. The minimum absolute atomic E-state index is 0.00435. The molecule has 2 aromatic rings. The number of methoxy groups -OCH3 is 2. The van der Waals surface area contributed by atoms with Gasteiger partial charge in [0.2, 0.25) is 15.9 Å². The third kappa shape index (κ3) is 5.16. The van der Waals surface area contributed by atoms with Gasteiger partial charge in [0, 0.05) is 24.8 Å². The predicted octanol–water partition coefficient (Wildman–Crippen LogP) is 3.76. The Balaban J connectivity index is 1.75. The molecule has 32 heavy (non-hydrogen) atoms. The summed E-state index contributed by atoms with van der Waals surface area (Å²) in [5, 5.41) is 2.47. The number of nitrogens with zero attached hydrogens (tertiary/aromatic N) is 1. The van der Waals surface area contributed by atoms with Crippen LogP contribution in [0, 0.1) is 5.92 Å². The number of ether oxygens (including phenoxy) is 2. The quantitative estimate of drug-likeness (QED) is 0.692. The second kappa shape index (κ2) is 9.37. The van der Waals surface area contributed by atoms with Crippen LogP contribution < -0.4 is 14.8 Å². The first-order chi connectivity index (χ1) is 15.1. The molecule has 0 aromatic heterocycles. The number of carbonyl (C=O) groups excluding carboxylic acids is 1. The number of anilines is 1. The molecule has 0 unspecified atom stereocenters. The summed E-state index contributed by atoms with van der Waals surface area (Å²) in [6, 6.07) is 8.53. The molecule has 1 aliphatic rings. The Morgan fingerprint density at radius 3 is 2.47 bits per heavy atom. The van der Waals surface area contributed by atoms with Crippen molar-refractivity contribution >= 4 is 21.6 Å². The fourth-order valence-corrected chi connectivity index (χ4v) is 5.06. The van der Waals surface area contributed by atoms with E-state index in [1.165, 1.54) is 48.9 Å². The maximum Gasteiger partial charge on any atom is 0.416 e. The van der Waals surface area contributed by atoms with Crippen molar-refractivity contribution in [1.82, 2.24) is 4.31 Å². The van der Waals surface area contributed by atoms with Gasteiger partial charge >= 0.3 is 6.18 Å². The van der Waals surface area contributed by atoms with Crippen molar-refractivity contribution in [2.75, 3.05) is 32.6 Å². The highest BCUT2D eigenvalue weighted by molar-refractivity contribution is 7.89. The van der Waals surface area contributed by atoms with Crippen LogP contribution >= 0.6 is 0 Å². The maximum absolute atomic E-state index is 13.1. The van der Waals surface area contributed by atoms with Crippen LogP contribution in [-0.2, 0) is 21.0 Å². The van der Waals surface area contributed by atoms with E-state index in [4.69, 9.17) is 9.47 Å². The zero-order chi connectivity index (χ0) is 23.5. The van der Waals surface area contributed by atoms with Crippen molar-refractivity contribution in [3.05, 3.63) is 48.0 Å². The van der Waals surface area contributed by atoms with Crippen LogP contribution in [0.3, 0.4) is 0 Å². The lowest BCUT2D eigenvalue weighted by molar-refractivity contribution is -0.137. The molecule has 174 valence electrons. The van der Waals surface area contributed by atoms with E-state index in [0.717, 1.165) is 12.1 Å². The van der Waals surface area contributed by atoms with Crippen molar-refractivity contribution < 1.29 is 35.9 Å². The van der Waals surface area contributed by atoms with Gasteiger partial charge in [-0.05, 0) is 43.2 Å². The van der Waals surface area contributed by atoms with Gasteiger partial charge in [0.15, 0.2) is 11.5 Å². The molecule has 0 radical (unpaired) electrons. The molecule has 0 saturated carbocycles. The summed E-state index contributed by atoms with van der Waals surface area (Å²) >= 11 is 0. The van der Waals surface area contributed by atoms with Gasteiger partial charge in [-0.2, -0.15) is 17.5 Å². The van der Waals surface area contributed by atoms with Gasteiger partial charge in [0.25, 0.3) is 0 Å². The highest BCUT2D eigenvalue weighted by Crippen LogP contribution is 2.33. The molecule has 1 aliphatic heterocycles. The Bertz CT molecular complexity index is 1090. The topological polar surface area (TPSA) is 84.9 Å². The van der Waals surface area contributed by atoms with Crippen molar-refractivity contribution in [1.29, 1.82) is 0 Å². The van der Waals surface area contributed by atoms with E-state index in [9.17, 15) is 26.4 Å². The summed E-state index contributed by atoms with van der Waals surface area (Å²) in [5.74, 6) is -0.599. The molecular formula is C21H23F3N2O5S. The van der Waals surface area contributed by atoms with Crippen LogP contribution in [0.2, 0.25) is 0 Å². The lowest BCUT2D eigenvalue weighted by atomic mass is 9.98. The average molecular weight is 472 g/mol. The zero-order valence-corrected chi connectivity index (χ0v) is 18.3. The highest BCUT2D eigenvalue weighted by atomic mass is 32.2. The van der Waals surface area contributed by atoms with E-state index in [0.29, 0.717) is 18.6 Å². The first-order valence-electron chi connectivity index (χ1n) is 9.76. The standard InChI is InChI=1S/C21H23F3N2O5S/c1-30-18-9-8-17(12-19(18)31-2)32(28,29)26-10-4-5-14(13-26)20(27)25-16-7-3-6-15(11-16)21(22,23)24/h3,6-9,11-12,14H,4-5,10,13H2,1-2H3,(H,25,27)/t14-/m0/s1. The second-order valence-corrected chi connectivity index (χ2v) is 9.22. The molecular weight excluding hydrogens is 449 g/mol. The smallest absolute Gasteiger partial charge is 0.416 e. The van der Waals surface area contributed by atoms with Crippen molar-refractivity contribution in [3.63, 3.8) is 0 Å². The van der Waals surface area contributed by atoms with E-state index in [1.807, 2.05) is 0 Å². The Hall–Kier alpha value is -2.79. The van der Waals surface area contributed by atoms with Crippen LogP contribution in [0.15, 0.2) is 47.4 Å². The van der Waals surface area contributed by atoms with Crippen LogP contribution in [0.5, 0.6) is 11.5 Å². The number of rotatable bonds is 6. The number of nitrogens with one attached hydrogen (secondary N) is 1. The summed E-state index contributed by atoms with van der Waals surface area (Å²) in [7, 11) is -1.09. The van der Waals surface area contributed by atoms with E-state index in [1.54, 1.807) is 0 Å². The number of alkyl halides is 3. The van der Waals surface area contributed by atoms with Crippen LogP contribution in [0.25, 0.3) is 0 Å². The Labute approximate surface area is 184 Å². The van der Waals surface area contributed by atoms with Gasteiger partial charge in [0.05, 0.1) is 30.6 Å².